The van der Waals surface area contributed by atoms with Gasteiger partial charge in [-0.3, -0.25) is 0 Å². The van der Waals surface area contributed by atoms with Gasteiger partial charge in [0.15, 0.2) is 11.6 Å². The molecule has 0 unspecified atom stereocenters. The van der Waals surface area contributed by atoms with Gasteiger partial charge in [-0.1, -0.05) is 103 Å². The molecule has 4 heteroatoms. The SMILES string of the molecule is Brc1nc(-c2ccc(-c3ccccc3)cc2)nc(-c2cccc(-c3ccccc3)c2)n1. The Bertz CT molecular complexity index is 1320. The monoisotopic (exact) mass is 463 g/mol. The van der Waals surface area contributed by atoms with Gasteiger partial charge < -0.3 is 0 Å². The molecule has 0 fully saturated rings. The van der Waals surface area contributed by atoms with E-state index >= 15 is 0 Å². The van der Waals surface area contributed by atoms with Gasteiger partial charge >= 0.3 is 0 Å². The molecule has 1 aromatic heterocycles. The van der Waals surface area contributed by atoms with E-state index in [0.29, 0.717) is 16.4 Å². The first-order valence-corrected chi connectivity index (χ1v) is 10.8. The van der Waals surface area contributed by atoms with Crippen LogP contribution < -0.4 is 0 Å². The zero-order chi connectivity index (χ0) is 21.0. The molecule has 3 nitrogen and oxygen atoms in total. The average molecular weight is 464 g/mol. The van der Waals surface area contributed by atoms with E-state index in [1.165, 1.54) is 5.56 Å². The van der Waals surface area contributed by atoms with E-state index in [9.17, 15) is 0 Å². The molecule has 0 aliphatic heterocycles. The first-order chi connectivity index (χ1) is 15.3. The molecule has 0 spiro atoms. The number of halogens is 1. The highest BCUT2D eigenvalue weighted by molar-refractivity contribution is 9.10. The normalized spacial score (nSPS) is 10.7. The Morgan fingerprint density at radius 1 is 0.387 bits per heavy atom. The van der Waals surface area contributed by atoms with E-state index in [-0.39, 0.29) is 0 Å². The second-order valence-electron chi connectivity index (χ2n) is 7.14. The van der Waals surface area contributed by atoms with Crippen LogP contribution in [0.5, 0.6) is 0 Å². The first kappa shape index (κ1) is 19.3. The van der Waals surface area contributed by atoms with Gasteiger partial charge in [-0.2, -0.15) is 0 Å². The smallest absolute Gasteiger partial charge is 0.200 e. The maximum absolute atomic E-state index is 4.76. The first-order valence-electron chi connectivity index (χ1n) is 9.99. The lowest BCUT2D eigenvalue weighted by Gasteiger charge is -2.08. The van der Waals surface area contributed by atoms with Gasteiger partial charge in [-0.15, -0.1) is 0 Å². The molecule has 4 aromatic carbocycles. The van der Waals surface area contributed by atoms with Crippen LogP contribution in [0.1, 0.15) is 0 Å². The highest BCUT2D eigenvalue weighted by Crippen LogP contribution is 2.28. The van der Waals surface area contributed by atoms with E-state index in [1.54, 1.807) is 0 Å². The van der Waals surface area contributed by atoms with E-state index in [4.69, 9.17) is 4.98 Å². The van der Waals surface area contributed by atoms with Crippen LogP contribution in [0.3, 0.4) is 0 Å². The van der Waals surface area contributed by atoms with Crippen molar-refractivity contribution in [3.05, 3.63) is 114 Å². The van der Waals surface area contributed by atoms with Crippen molar-refractivity contribution in [2.45, 2.75) is 0 Å². The number of hydrogen-bond acceptors (Lipinski definition) is 3. The summed E-state index contributed by atoms with van der Waals surface area (Å²) in [5.41, 5.74) is 6.53. The summed E-state index contributed by atoms with van der Waals surface area (Å²) in [6.07, 6.45) is 0. The van der Waals surface area contributed by atoms with Crippen molar-refractivity contribution in [1.82, 2.24) is 15.0 Å². The molecular weight excluding hydrogens is 446 g/mol. The van der Waals surface area contributed by atoms with Gasteiger partial charge in [0.1, 0.15) is 0 Å². The van der Waals surface area contributed by atoms with Crippen molar-refractivity contribution in [3.63, 3.8) is 0 Å². The van der Waals surface area contributed by atoms with Crippen molar-refractivity contribution in [2.24, 2.45) is 0 Å². The third-order valence-electron chi connectivity index (χ3n) is 5.09. The van der Waals surface area contributed by atoms with Gasteiger partial charge in [-0.25, -0.2) is 15.0 Å². The summed E-state index contributed by atoms with van der Waals surface area (Å²) in [6.45, 7) is 0. The predicted molar refractivity (Wildman–Crippen MR) is 129 cm³/mol. The summed E-state index contributed by atoms with van der Waals surface area (Å²) in [4.78, 5) is 13.8. The van der Waals surface area contributed by atoms with Crippen LogP contribution in [0.15, 0.2) is 114 Å². The zero-order valence-corrected chi connectivity index (χ0v) is 18.2. The molecule has 31 heavy (non-hydrogen) atoms. The van der Waals surface area contributed by atoms with Crippen LogP contribution in [-0.4, -0.2) is 15.0 Å². The molecule has 0 N–H and O–H groups in total. The van der Waals surface area contributed by atoms with Crippen molar-refractivity contribution in [3.8, 4) is 45.0 Å². The topological polar surface area (TPSA) is 38.7 Å². The number of nitrogens with zero attached hydrogens (tertiary/aromatic N) is 3. The molecule has 0 saturated carbocycles. The minimum atomic E-state index is 0.518. The Balaban J connectivity index is 1.50. The summed E-state index contributed by atoms with van der Waals surface area (Å²) < 4.78 is 0.518. The van der Waals surface area contributed by atoms with Gasteiger partial charge in [0.05, 0.1) is 0 Å². The summed E-state index contributed by atoms with van der Waals surface area (Å²) in [7, 11) is 0. The molecule has 0 aliphatic carbocycles. The Labute approximate surface area is 189 Å². The third kappa shape index (κ3) is 4.30. The predicted octanol–water partition coefficient (Wildman–Crippen LogP) is 7.30. The summed E-state index contributed by atoms with van der Waals surface area (Å²) in [5.74, 6) is 1.28. The standard InChI is InChI=1S/C27H18BrN3/c28-27-30-25(22-16-14-21(15-17-22)19-8-3-1-4-9-19)29-26(31-27)24-13-7-12-23(18-24)20-10-5-2-6-11-20/h1-18H. The van der Waals surface area contributed by atoms with Crippen molar-refractivity contribution < 1.29 is 0 Å². The van der Waals surface area contributed by atoms with Crippen molar-refractivity contribution >= 4 is 15.9 Å². The maximum atomic E-state index is 4.76. The van der Waals surface area contributed by atoms with Crippen LogP contribution in [0.25, 0.3) is 45.0 Å². The molecule has 0 bridgehead atoms. The van der Waals surface area contributed by atoms with E-state index in [1.807, 2.05) is 60.7 Å². The van der Waals surface area contributed by atoms with Crippen molar-refractivity contribution in [1.29, 1.82) is 0 Å². The molecule has 0 atom stereocenters. The maximum Gasteiger partial charge on any atom is 0.200 e. The minimum absolute atomic E-state index is 0.518. The Morgan fingerprint density at radius 3 is 1.48 bits per heavy atom. The van der Waals surface area contributed by atoms with E-state index in [0.717, 1.165) is 27.8 Å². The Morgan fingerprint density at radius 2 is 0.839 bits per heavy atom. The zero-order valence-electron chi connectivity index (χ0n) is 16.6. The molecule has 0 aliphatic rings. The second-order valence-corrected chi connectivity index (χ2v) is 7.85. The van der Waals surface area contributed by atoms with Crippen LogP contribution in [-0.2, 0) is 0 Å². The Hall–Kier alpha value is -3.63. The Kier molecular flexibility index (Phi) is 5.38. The van der Waals surface area contributed by atoms with Crippen LogP contribution in [0.4, 0.5) is 0 Å². The van der Waals surface area contributed by atoms with Crippen LogP contribution >= 0.6 is 15.9 Å². The minimum Gasteiger partial charge on any atom is -0.208 e. The highest BCUT2D eigenvalue weighted by atomic mass is 79.9. The fourth-order valence-corrected chi connectivity index (χ4v) is 3.86. The number of aromatic nitrogens is 3. The van der Waals surface area contributed by atoms with Crippen LogP contribution in [0, 0.1) is 0 Å². The largest absolute Gasteiger partial charge is 0.208 e. The number of rotatable bonds is 4. The summed E-state index contributed by atoms with van der Waals surface area (Å²) in [6, 6.07) is 37.2. The second kappa shape index (κ2) is 8.62. The molecular formula is C27H18BrN3. The van der Waals surface area contributed by atoms with Gasteiger partial charge in [0.2, 0.25) is 4.73 Å². The molecule has 5 rings (SSSR count). The molecule has 1 heterocycles. The molecule has 5 aromatic rings. The molecule has 0 amide bonds. The fraction of sp³-hybridized carbons (Fsp3) is 0. The summed E-state index contributed by atoms with van der Waals surface area (Å²) >= 11 is 3.46. The molecule has 0 saturated heterocycles. The average Bonchev–Trinajstić information content (AvgIpc) is 2.85. The molecule has 0 radical (unpaired) electrons. The van der Waals surface area contributed by atoms with Gasteiger partial charge in [0.25, 0.3) is 0 Å². The quantitative estimate of drug-likeness (QED) is 0.280. The van der Waals surface area contributed by atoms with Gasteiger partial charge in [-0.05, 0) is 44.3 Å². The number of benzene rings is 4. The lowest BCUT2D eigenvalue weighted by molar-refractivity contribution is 1.03. The number of hydrogen-bond donors (Lipinski definition) is 0. The van der Waals surface area contributed by atoms with E-state index in [2.05, 4.69) is 74.4 Å². The molecule has 148 valence electrons. The van der Waals surface area contributed by atoms with Gasteiger partial charge in [0, 0.05) is 11.1 Å². The van der Waals surface area contributed by atoms with E-state index < -0.39 is 0 Å². The highest BCUT2D eigenvalue weighted by Gasteiger charge is 2.10. The third-order valence-corrected chi connectivity index (χ3v) is 5.44. The summed E-state index contributed by atoms with van der Waals surface area (Å²) in [5, 5.41) is 0. The van der Waals surface area contributed by atoms with Crippen LogP contribution in [0.2, 0.25) is 0 Å². The van der Waals surface area contributed by atoms with Crippen molar-refractivity contribution in [2.75, 3.05) is 0 Å². The lowest BCUT2D eigenvalue weighted by atomic mass is 10.0. The lowest BCUT2D eigenvalue weighted by Crippen LogP contribution is -1.97. The fourth-order valence-electron chi connectivity index (χ4n) is 3.52.